The molecule has 1 heterocycles. The molecule has 0 fully saturated rings. The molecule has 0 bridgehead atoms. The van der Waals surface area contributed by atoms with E-state index in [1.165, 1.54) is 0 Å². The Hall–Kier alpha value is -3.22. The highest BCUT2D eigenvalue weighted by molar-refractivity contribution is 5.46. The van der Waals surface area contributed by atoms with Crippen molar-refractivity contribution in [2.75, 3.05) is 27.9 Å². The van der Waals surface area contributed by atoms with E-state index in [1.54, 1.807) is 21.3 Å². The Labute approximate surface area is 182 Å². The van der Waals surface area contributed by atoms with Crippen LogP contribution in [0.3, 0.4) is 0 Å². The second kappa shape index (κ2) is 8.88. The minimum atomic E-state index is -0.497. The smallest absolute Gasteiger partial charge is 0.176 e. The van der Waals surface area contributed by atoms with Gasteiger partial charge in [-0.25, -0.2) is 0 Å². The second-order valence-corrected chi connectivity index (χ2v) is 7.67. The van der Waals surface area contributed by atoms with E-state index in [0.717, 1.165) is 22.4 Å². The third kappa shape index (κ3) is 4.31. The van der Waals surface area contributed by atoms with Gasteiger partial charge in [0.05, 0.1) is 26.9 Å². The first-order chi connectivity index (χ1) is 15.1. The molecule has 0 saturated carbocycles. The lowest BCUT2D eigenvalue weighted by molar-refractivity contribution is -0.909. The van der Waals surface area contributed by atoms with E-state index in [0.29, 0.717) is 23.8 Å². The summed E-state index contributed by atoms with van der Waals surface area (Å²) >= 11 is 0. The van der Waals surface area contributed by atoms with Gasteiger partial charge in [0.1, 0.15) is 31.1 Å². The maximum atomic E-state index is 14.2. The Balaban J connectivity index is 1.76. The summed E-state index contributed by atoms with van der Waals surface area (Å²) < 4.78 is 22.4. The Morgan fingerprint density at radius 1 is 0.871 bits per heavy atom. The summed E-state index contributed by atoms with van der Waals surface area (Å²) in [6, 6.07) is 21.0. The third-order valence-electron chi connectivity index (χ3n) is 5.63. The summed E-state index contributed by atoms with van der Waals surface area (Å²) in [7, 11) is 4.82. The molecule has 3 aromatic rings. The first-order valence-electron chi connectivity index (χ1n) is 10.2. The summed E-state index contributed by atoms with van der Waals surface area (Å²) in [5, 5.41) is 14.2. The van der Waals surface area contributed by atoms with Crippen LogP contribution >= 0.6 is 0 Å². The van der Waals surface area contributed by atoms with E-state index >= 15 is 0 Å². The van der Waals surface area contributed by atoms with E-state index in [1.807, 2.05) is 66.7 Å². The van der Waals surface area contributed by atoms with Gasteiger partial charge in [-0.1, -0.05) is 36.4 Å². The third-order valence-corrected chi connectivity index (χ3v) is 5.63. The van der Waals surface area contributed by atoms with E-state index in [9.17, 15) is 5.21 Å². The maximum absolute atomic E-state index is 14.2. The lowest BCUT2D eigenvalue weighted by Gasteiger charge is -2.43. The standard InChI is InChI=1S/C25H27NO5/c1-28-22-13-7-5-11-20(22)24-17-26(27,15-18-9-4-6-12-21(18)31-24)16-19-10-8-14-23(29-2)25(19)30-3/h4-14,24H,15-17H2,1-3H3. The zero-order valence-electron chi connectivity index (χ0n) is 18.0. The highest BCUT2D eigenvalue weighted by Gasteiger charge is 2.34. The fourth-order valence-corrected chi connectivity index (χ4v) is 4.22. The largest absolute Gasteiger partial charge is 0.632 e. The monoisotopic (exact) mass is 421 g/mol. The molecule has 0 saturated heterocycles. The van der Waals surface area contributed by atoms with Crippen molar-refractivity contribution in [2.45, 2.75) is 19.2 Å². The molecule has 0 aromatic heterocycles. The summed E-state index contributed by atoms with van der Waals surface area (Å²) in [6.45, 7) is 0.751. The number of fused-ring (bicyclic) bond motifs is 1. The molecule has 6 heteroatoms. The molecule has 0 spiro atoms. The minimum Gasteiger partial charge on any atom is -0.632 e. The molecule has 162 valence electrons. The van der Waals surface area contributed by atoms with Crippen LogP contribution < -0.4 is 18.9 Å². The lowest BCUT2D eigenvalue weighted by atomic mass is 10.1. The predicted octanol–water partition coefficient (Wildman–Crippen LogP) is 4.86. The van der Waals surface area contributed by atoms with Gasteiger partial charge in [0.15, 0.2) is 17.6 Å². The van der Waals surface area contributed by atoms with Crippen molar-refractivity contribution in [1.82, 2.24) is 0 Å². The fourth-order valence-electron chi connectivity index (χ4n) is 4.22. The highest BCUT2D eigenvalue weighted by atomic mass is 16.6. The van der Waals surface area contributed by atoms with Crippen molar-refractivity contribution in [3.05, 3.63) is 88.6 Å². The van der Waals surface area contributed by atoms with Gasteiger partial charge < -0.3 is 28.8 Å². The predicted molar refractivity (Wildman–Crippen MR) is 118 cm³/mol. The number of ether oxygens (including phenoxy) is 4. The zero-order chi connectivity index (χ0) is 21.8. The molecule has 3 aromatic carbocycles. The van der Waals surface area contributed by atoms with Crippen LogP contribution in [0.5, 0.6) is 23.0 Å². The van der Waals surface area contributed by atoms with Gasteiger partial charge in [-0.3, -0.25) is 0 Å². The molecule has 2 atom stereocenters. The summed E-state index contributed by atoms with van der Waals surface area (Å²) in [4.78, 5) is 0. The van der Waals surface area contributed by atoms with E-state index < -0.39 is 10.8 Å². The Bertz CT molecular complexity index is 1050. The first kappa shape index (κ1) is 21.0. The van der Waals surface area contributed by atoms with Crippen LogP contribution in [-0.4, -0.2) is 32.5 Å². The number of hydrogen-bond donors (Lipinski definition) is 0. The molecule has 0 aliphatic carbocycles. The van der Waals surface area contributed by atoms with Crippen LogP contribution in [0.1, 0.15) is 22.8 Å². The van der Waals surface area contributed by atoms with Gasteiger partial charge in [0, 0.05) is 11.1 Å². The van der Waals surface area contributed by atoms with Crippen LogP contribution in [-0.2, 0) is 13.1 Å². The van der Waals surface area contributed by atoms with Gasteiger partial charge in [0.25, 0.3) is 0 Å². The Morgan fingerprint density at radius 3 is 2.35 bits per heavy atom. The van der Waals surface area contributed by atoms with Crippen molar-refractivity contribution in [3.63, 3.8) is 0 Å². The number of nitrogens with zero attached hydrogens (tertiary/aromatic N) is 1. The summed E-state index contributed by atoms with van der Waals surface area (Å²) in [6.07, 6.45) is -0.450. The average Bonchev–Trinajstić information content (AvgIpc) is 2.94. The van der Waals surface area contributed by atoms with Gasteiger partial charge >= 0.3 is 0 Å². The van der Waals surface area contributed by atoms with Crippen LogP contribution in [0.4, 0.5) is 0 Å². The first-order valence-corrected chi connectivity index (χ1v) is 10.2. The van der Waals surface area contributed by atoms with Crippen LogP contribution in [0.25, 0.3) is 0 Å². The zero-order valence-corrected chi connectivity index (χ0v) is 18.0. The van der Waals surface area contributed by atoms with E-state index in [-0.39, 0.29) is 13.1 Å². The van der Waals surface area contributed by atoms with Gasteiger partial charge in [-0.05, 0) is 30.3 Å². The molecule has 0 N–H and O–H groups in total. The van der Waals surface area contributed by atoms with E-state index in [2.05, 4.69) is 0 Å². The molecule has 1 aliphatic rings. The van der Waals surface area contributed by atoms with E-state index in [4.69, 9.17) is 18.9 Å². The maximum Gasteiger partial charge on any atom is 0.176 e. The molecule has 0 amide bonds. The van der Waals surface area contributed by atoms with Crippen molar-refractivity contribution in [3.8, 4) is 23.0 Å². The number of quaternary nitrogens is 1. The molecule has 0 radical (unpaired) electrons. The number of benzene rings is 3. The molecule has 4 rings (SSSR count). The number of methoxy groups -OCH3 is 3. The molecule has 2 unspecified atom stereocenters. The quantitative estimate of drug-likeness (QED) is 0.420. The minimum absolute atomic E-state index is 0.226. The van der Waals surface area contributed by atoms with Gasteiger partial charge in [-0.2, -0.15) is 0 Å². The average molecular weight is 421 g/mol. The normalized spacial score (nSPS) is 20.2. The SMILES string of the molecule is COc1ccccc1C1C[N+]([O-])(Cc2cccc(OC)c2OC)Cc2ccccc2O1. The molecule has 31 heavy (non-hydrogen) atoms. The molecule has 1 aliphatic heterocycles. The number of hydroxylamine groups is 3. The molecular weight excluding hydrogens is 394 g/mol. The van der Waals surface area contributed by atoms with Crippen molar-refractivity contribution < 1.29 is 23.6 Å². The van der Waals surface area contributed by atoms with Gasteiger partial charge in [0.2, 0.25) is 0 Å². The highest BCUT2D eigenvalue weighted by Crippen LogP contribution is 2.40. The Kier molecular flexibility index (Phi) is 6.02. The van der Waals surface area contributed by atoms with Crippen LogP contribution in [0.2, 0.25) is 0 Å². The molecule has 6 nitrogen and oxygen atoms in total. The van der Waals surface area contributed by atoms with Gasteiger partial charge in [-0.15, -0.1) is 0 Å². The second-order valence-electron chi connectivity index (χ2n) is 7.67. The number of hydrogen-bond acceptors (Lipinski definition) is 5. The van der Waals surface area contributed by atoms with Crippen molar-refractivity contribution in [1.29, 1.82) is 0 Å². The molecular formula is C25H27NO5. The Morgan fingerprint density at radius 2 is 1.58 bits per heavy atom. The van der Waals surface area contributed by atoms with Crippen LogP contribution in [0, 0.1) is 5.21 Å². The number of para-hydroxylation sites is 3. The van der Waals surface area contributed by atoms with Crippen LogP contribution in [0.15, 0.2) is 66.7 Å². The summed E-state index contributed by atoms with van der Waals surface area (Å²) in [5.41, 5.74) is 2.55. The fraction of sp³-hybridized carbons (Fsp3) is 0.280. The van der Waals surface area contributed by atoms with Crippen molar-refractivity contribution in [2.24, 2.45) is 0 Å². The van der Waals surface area contributed by atoms with Crippen molar-refractivity contribution >= 4 is 0 Å². The summed E-state index contributed by atoms with van der Waals surface area (Å²) in [5.74, 6) is 2.63. The lowest BCUT2D eigenvalue weighted by Crippen LogP contribution is -2.43. The number of rotatable bonds is 6. The topological polar surface area (TPSA) is 60.0 Å².